The van der Waals surface area contributed by atoms with Crippen molar-refractivity contribution in [3.05, 3.63) is 34.3 Å². The Hall–Kier alpha value is -0.380. The Kier molecular flexibility index (Phi) is 5.29. The number of benzene rings is 1. The van der Waals surface area contributed by atoms with Gasteiger partial charge in [0.05, 0.1) is 0 Å². The molecule has 0 aliphatic carbocycles. The van der Waals surface area contributed by atoms with E-state index in [9.17, 15) is 0 Å². The van der Waals surface area contributed by atoms with Crippen LogP contribution in [0.1, 0.15) is 24.9 Å². The molecule has 1 N–H and O–H groups in total. The summed E-state index contributed by atoms with van der Waals surface area (Å²) in [5, 5.41) is 8.77. The van der Waals surface area contributed by atoms with Gasteiger partial charge in [0.2, 0.25) is 0 Å². The van der Waals surface area contributed by atoms with Crippen molar-refractivity contribution in [3.8, 4) is 0 Å². The molecule has 0 saturated heterocycles. The van der Waals surface area contributed by atoms with Crippen LogP contribution in [0.4, 0.5) is 0 Å². The van der Waals surface area contributed by atoms with Crippen LogP contribution in [0.15, 0.2) is 28.7 Å². The van der Waals surface area contributed by atoms with Crippen molar-refractivity contribution >= 4 is 15.9 Å². The van der Waals surface area contributed by atoms with Crippen molar-refractivity contribution in [1.82, 2.24) is 4.90 Å². The minimum absolute atomic E-state index is 0.261. The molecule has 3 heteroatoms. The average Bonchev–Trinajstić information content (AvgIpc) is 2.26. The molecule has 84 valence electrons. The van der Waals surface area contributed by atoms with Gasteiger partial charge in [0, 0.05) is 23.7 Å². The lowest BCUT2D eigenvalue weighted by atomic mass is 10.1. The van der Waals surface area contributed by atoms with E-state index in [1.807, 2.05) is 0 Å². The Bertz CT molecular complexity index is 286. The van der Waals surface area contributed by atoms with Gasteiger partial charge in [-0.25, -0.2) is 0 Å². The summed E-state index contributed by atoms with van der Waals surface area (Å²) in [5.41, 5.74) is 1.30. The van der Waals surface area contributed by atoms with E-state index in [2.05, 4.69) is 59.1 Å². The first-order valence-electron chi connectivity index (χ1n) is 5.21. The van der Waals surface area contributed by atoms with Crippen LogP contribution in [0.5, 0.6) is 0 Å². The minimum Gasteiger partial charge on any atom is -0.396 e. The first kappa shape index (κ1) is 12.7. The molecular formula is C12H18BrNO. The van der Waals surface area contributed by atoms with Crippen LogP contribution >= 0.6 is 15.9 Å². The molecule has 1 atom stereocenters. The molecule has 0 radical (unpaired) electrons. The number of hydrogen-bond acceptors (Lipinski definition) is 2. The molecule has 1 unspecified atom stereocenters. The number of halogens is 1. The first-order chi connectivity index (χ1) is 7.15. The van der Waals surface area contributed by atoms with Crippen molar-refractivity contribution in [1.29, 1.82) is 0 Å². The second kappa shape index (κ2) is 6.26. The van der Waals surface area contributed by atoms with Crippen LogP contribution in [-0.4, -0.2) is 30.2 Å². The standard InChI is InChI=1S/C12H18BrNO/c1-10(14(2)8-3-9-15)11-4-6-12(13)7-5-11/h4-7,10,15H,3,8-9H2,1-2H3. The second-order valence-corrected chi connectivity index (χ2v) is 4.70. The smallest absolute Gasteiger partial charge is 0.0443 e. The van der Waals surface area contributed by atoms with Gasteiger partial charge in [0.15, 0.2) is 0 Å². The average molecular weight is 272 g/mol. The summed E-state index contributed by atoms with van der Waals surface area (Å²) in [6, 6.07) is 8.77. The van der Waals surface area contributed by atoms with Crippen molar-refractivity contribution in [2.24, 2.45) is 0 Å². The predicted octanol–water partition coefficient (Wildman–Crippen LogP) is 2.82. The zero-order valence-electron chi connectivity index (χ0n) is 9.28. The largest absolute Gasteiger partial charge is 0.396 e. The van der Waals surface area contributed by atoms with Crippen LogP contribution in [0, 0.1) is 0 Å². The normalized spacial score (nSPS) is 13.1. The number of nitrogens with zero attached hydrogens (tertiary/aromatic N) is 1. The molecule has 2 nitrogen and oxygen atoms in total. The molecule has 15 heavy (non-hydrogen) atoms. The fourth-order valence-corrected chi connectivity index (χ4v) is 1.77. The summed E-state index contributed by atoms with van der Waals surface area (Å²) in [6.45, 7) is 3.37. The monoisotopic (exact) mass is 271 g/mol. The molecule has 0 aromatic heterocycles. The quantitative estimate of drug-likeness (QED) is 0.891. The lowest BCUT2D eigenvalue weighted by Crippen LogP contribution is -2.24. The maximum atomic E-state index is 8.77. The number of hydrogen-bond donors (Lipinski definition) is 1. The van der Waals surface area contributed by atoms with E-state index in [1.54, 1.807) is 0 Å². The zero-order valence-corrected chi connectivity index (χ0v) is 10.9. The minimum atomic E-state index is 0.261. The topological polar surface area (TPSA) is 23.5 Å². The van der Waals surface area contributed by atoms with Gasteiger partial charge >= 0.3 is 0 Å². The number of aliphatic hydroxyl groups excluding tert-OH is 1. The molecule has 1 aromatic carbocycles. The Labute approximate surface area is 100 Å². The van der Waals surface area contributed by atoms with Crippen LogP contribution in [0.25, 0.3) is 0 Å². The van der Waals surface area contributed by atoms with Crippen molar-refractivity contribution in [2.45, 2.75) is 19.4 Å². The molecule has 0 bridgehead atoms. The zero-order chi connectivity index (χ0) is 11.3. The molecule has 0 aliphatic heterocycles. The van der Waals surface area contributed by atoms with E-state index < -0.39 is 0 Å². The summed E-state index contributed by atoms with van der Waals surface area (Å²) >= 11 is 3.43. The number of rotatable bonds is 5. The van der Waals surface area contributed by atoms with Gasteiger partial charge in [0.25, 0.3) is 0 Å². The van der Waals surface area contributed by atoms with Crippen molar-refractivity contribution < 1.29 is 5.11 Å². The predicted molar refractivity (Wildman–Crippen MR) is 66.9 cm³/mol. The van der Waals surface area contributed by atoms with Gasteiger partial charge in [0.1, 0.15) is 0 Å². The van der Waals surface area contributed by atoms with Gasteiger partial charge in [-0.1, -0.05) is 28.1 Å². The van der Waals surface area contributed by atoms with Crippen LogP contribution in [0.3, 0.4) is 0 Å². The Morgan fingerprint density at radius 2 is 1.93 bits per heavy atom. The summed E-state index contributed by atoms with van der Waals surface area (Å²) in [6.07, 6.45) is 0.831. The maximum Gasteiger partial charge on any atom is 0.0443 e. The third-order valence-corrected chi connectivity index (χ3v) is 3.21. The molecule has 1 rings (SSSR count). The molecular weight excluding hydrogens is 254 g/mol. The van der Waals surface area contributed by atoms with E-state index in [0.717, 1.165) is 17.4 Å². The highest BCUT2D eigenvalue weighted by molar-refractivity contribution is 9.10. The highest BCUT2D eigenvalue weighted by Crippen LogP contribution is 2.20. The first-order valence-corrected chi connectivity index (χ1v) is 6.01. The van der Waals surface area contributed by atoms with Gasteiger partial charge < -0.3 is 5.11 Å². The van der Waals surface area contributed by atoms with E-state index in [-0.39, 0.29) is 6.61 Å². The van der Waals surface area contributed by atoms with Gasteiger partial charge in [-0.3, -0.25) is 4.90 Å². The van der Waals surface area contributed by atoms with E-state index in [0.29, 0.717) is 6.04 Å². The highest BCUT2D eigenvalue weighted by Gasteiger charge is 2.10. The third-order valence-electron chi connectivity index (χ3n) is 2.68. The van der Waals surface area contributed by atoms with E-state index in [1.165, 1.54) is 5.56 Å². The van der Waals surface area contributed by atoms with Gasteiger partial charge in [-0.15, -0.1) is 0 Å². The highest BCUT2D eigenvalue weighted by atomic mass is 79.9. The van der Waals surface area contributed by atoms with Crippen molar-refractivity contribution in [3.63, 3.8) is 0 Å². The second-order valence-electron chi connectivity index (χ2n) is 3.79. The summed E-state index contributed by atoms with van der Waals surface area (Å²) < 4.78 is 1.11. The fraction of sp³-hybridized carbons (Fsp3) is 0.500. The lowest BCUT2D eigenvalue weighted by Gasteiger charge is -2.24. The van der Waals surface area contributed by atoms with E-state index >= 15 is 0 Å². The lowest BCUT2D eigenvalue weighted by molar-refractivity contribution is 0.216. The van der Waals surface area contributed by atoms with Crippen LogP contribution in [0.2, 0.25) is 0 Å². The number of aliphatic hydroxyl groups is 1. The molecule has 0 spiro atoms. The van der Waals surface area contributed by atoms with Gasteiger partial charge in [-0.05, 0) is 38.1 Å². The fourth-order valence-electron chi connectivity index (χ4n) is 1.51. The molecule has 0 heterocycles. The molecule has 0 aliphatic rings. The Morgan fingerprint density at radius 3 is 2.47 bits per heavy atom. The van der Waals surface area contributed by atoms with Crippen LogP contribution in [-0.2, 0) is 0 Å². The molecule has 1 aromatic rings. The van der Waals surface area contributed by atoms with Crippen LogP contribution < -0.4 is 0 Å². The summed E-state index contributed by atoms with van der Waals surface area (Å²) in [7, 11) is 2.09. The Balaban J connectivity index is 2.59. The van der Waals surface area contributed by atoms with Crippen molar-refractivity contribution in [2.75, 3.05) is 20.2 Å². The molecule has 0 saturated carbocycles. The summed E-state index contributed by atoms with van der Waals surface area (Å²) in [4.78, 5) is 2.25. The van der Waals surface area contributed by atoms with E-state index in [4.69, 9.17) is 5.11 Å². The SMILES string of the molecule is CC(c1ccc(Br)cc1)N(C)CCCO. The Morgan fingerprint density at radius 1 is 1.33 bits per heavy atom. The maximum absolute atomic E-state index is 8.77. The van der Waals surface area contributed by atoms with Gasteiger partial charge in [-0.2, -0.15) is 0 Å². The summed E-state index contributed by atoms with van der Waals surface area (Å²) in [5.74, 6) is 0. The third kappa shape index (κ3) is 3.93. The molecule has 0 amide bonds. The molecule has 0 fully saturated rings.